The quantitative estimate of drug-likeness (QED) is 0.410. The second-order valence-corrected chi connectivity index (χ2v) is 6.49. The van der Waals surface area contributed by atoms with Crippen LogP contribution in [0.3, 0.4) is 0 Å². The van der Waals surface area contributed by atoms with E-state index in [0.717, 1.165) is 0 Å². The summed E-state index contributed by atoms with van der Waals surface area (Å²) >= 11 is 0. The highest BCUT2D eigenvalue weighted by Gasteiger charge is 2.29. The topological polar surface area (TPSA) is 91.5 Å². The van der Waals surface area contributed by atoms with E-state index < -0.39 is 23.5 Å². The summed E-state index contributed by atoms with van der Waals surface area (Å²) in [5.41, 5.74) is 1.16. The van der Waals surface area contributed by atoms with E-state index in [1.807, 2.05) is 19.0 Å². The van der Waals surface area contributed by atoms with E-state index in [1.54, 1.807) is 13.8 Å². The van der Waals surface area contributed by atoms with Crippen LogP contribution in [0.25, 0.3) is 11.1 Å². The zero-order valence-electron chi connectivity index (χ0n) is 16.4. The summed E-state index contributed by atoms with van der Waals surface area (Å²) in [6.07, 6.45) is 0. The van der Waals surface area contributed by atoms with E-state index in [0.29, 0.717) is 24.3 Å². The van der Waals surface area contributed by atoms with Crippen LogP contribution in [0, 0.1) is 12.7 Å². The lowest BCUT2D eigenvalue weighted by Gasteiger charge is -2.10. The first-order valence-corrected chi connectivity index (χ1v) is 8.89. The fourth-order valence-corrected chi connectivity index (χ4v) is 2.75. The minimum Gasteiger partial charge on any atom is -0.462 e. The summed E-state index contributed by atoms with van der Waals surface area (Å²) in [6.45, 7) is 4.30. The molecule has 1 aromatic carbocycles. The van der Waals surface area contributed by atoms with Gasteiger partial charge in [-0.3, -0.25) is 9.59 Å². The zero-order chi connectivity index (χ0) is 20.8. The average Bonchev–Trinajstić information content (AvgIpc) is 2.98. The standard InChI is InChI=1S/C20H24FN3O4/c1-5-28-20(27)15-12(2)23-17(16(15)13-6-8-14(21)9-7-13)18(25)19(26)22-10-11-24(3)4/h6-9,23H,5,10-11H2,1-4H3,(H,22,26). The molecule has 0 radical (unpaired) electrons. The van der Waals surface area contributed by atoms with Gasteiger partial charge in [0, 0.05) is 24.3 Å². The van der Waals surface area contributed by atoms with Gasteiger partial charge in [-0.25, -0.2) is 9.18 Å². The summed E-state index contributed by atoms with van der Waals surface area (Å²) in [4.78, 5) is 42.2. The van der Waals surface area contributed by atoms with Gasteiger partial charge >= 0.3 is 5.97 Å². The molecule has 0 fully saturated rings. The third-order valence-electron chi connectivity index (χ3n) is 4.08. The third kappa shape index (κ3) is 4.83. The highest BCUT2D eigenvalue weighted by molar-refractivity contribution is 6.43. The molecule has 0 bridgehead atoms. The molecule has 0 aliphatic heterocycles. The Morgan fingerprint density at radius 1 is 1.18 bits per heavy atom. The highest BCUT2D eigenvalue weighted by Crippen LogP contribution is 2.31. The lowest BCUT2D eigenvalue weighted by Crippen LogP contribution is -2.36. The van der Waals surface area contributed by atoms with Gasteiger partial charge in [-0.05, 0) is 45.6 Å². The van der Waals surface area contributed by atoms with Gasteiger partial charge in [0.05, 0.1) is 12.2 Å². The van der Waals surface area contributed by atoms with Crippen molar-refractivity contribution in [2.75, 3.05) is 33.8 Å². The molecule has 1 heterocycles. The minimum atomic E-state index is -0.809. The molecule has 0 aliphatic carbocycles. The fourth-order valence-electron chi connectivity index (χ4n) is 2.75. The molecule has 7 nitrogen and oxygen atoms in total. The number of nitrogens with one attached hydrogen (secondary N) is 2. The van der Waals surface area contributed by atoms with Crippen LogP contribution in [-0.2, 0) is 9.53 Å². The molecule has 28 heavy (non-hydrogen) atoms. The lowest BCUT2D eigenvalue weighted by atomic mass is 9.98. The monoisotopic (exact) mass is 389 g/mol. The molecular formula is C20H24FN3O4. The highest BCUT2D eigenvalue weighted by atomic mass is 19.1. The number of aryl methyl sites for hydroxylation is 1. The Bertz CT molecular complexity index is 872. The Morgan fingerprint density at radius 2 is 1.82 bits per heavy atom. The molecule has 2 aromatic rings. The molecule has 0 saturated heterocycles. The van der Waals surface area contributed by atoms with Crippen LogP contribution in [0.1, 0.15) is 33.5 Å². The summed E-state index contributed by atoms with van der Waals surface area (Å²) in [5, 5.41) is 2.56. The number of esters is 1. The summed E-state index contributed by atoms with van der Waals surface area (Å²) in [5.74, 6) is -2.68. The van der Waals surface area contributed by atoms with Gasteiger partial charge in [0.1, 0.15) is 11.5 Å². The first-order chi connectivity index (χ1) is 13.3. The van der Waals surface area contributed by atoms with Gasteiger partial charge in [0.2, 0.25) is 0 Å². The van der Waals surface area contributed by atoms with Crippen LogP contribution in [-0.4, -0.2) is 61.3 Å². The van der Waals surface area contributed by atoms with Gasteiger partial charge in [-0.15, -0.1) is 0 Å². The molecule has 0 spiro atoms. The van der Waals surface area contributed by atoms with E-state index in [4.69, 9.17) is 4.74 Å². The fraction of sp³-hybridized carbons (Fsp3) is 0.350. The van der Waals surface area contributed by atoms with E-state index in [2.05, 4.69) is 10.3 Å². The number of ketones is 1. The van der Waals surface area contributed by atoms with E-state index in [9.17, 15) is 18.8 Å². The number of carbonyl (C=O) groups excluding carboxylic acids is 3. The van der Waals surface area contributed by atoms with Crippen molar-refractivity contribution in [1.82, 2.24) is 15.2 Å². The molecule has 150 valence electrons. The van der Waals surface area contributed by atoms with Crippen molar-refractivity contribution in [2.45, 2.75) is 13.8 Å². The van der Waals surface area contributed by atoms with Crippen molar-refractivity contribution in [3.63, 3.8) is 0 Å². The Morgan fingerprint density at radius 3 is 2.39 bits per heavy atom. The molecule has 0 atom stereocenters. The number of aromatic amines is 1. The van der Waals surface area contributed by atoms with E-state index in [-0.39, 0.29) is 23.4 Å². The Labute approximate surface area is 162 Å². The minimum absolute atomic E-state index is 0.0329. The van der Waals surface area contributed by atoms with Crippen LogP contribution < -0.4 is 5.32 Å². The number of Topliss-reactive ketones (excluding diaryl/α,β-unsaturated/α-hetero) is 1. The van der Waals surface area contributed by atoms with Crippen molar-refractivity contribution in [3.8, 4) is 11.1 Å². The second kappa shape index (κ2) is 9.27. The molecule has 1 aromatic heterocycles. The molecule has 1 amide bonds. The molecular weight excluding hydrogens is 365 g/mol. The number of likely N-dealkylation sites (N-methyl/N-ethyl adjacent to an activating group) is 1. The van der Waals surface area contributed by atoms with Gasteiger partial charge in [-0.2, -0.15) is 0 Å². The third-order valence-corrected chi connectivity index (χ3v) is 4.08. The molecule has 2 rings (SSSR count). The number of ether oxygens (including phenoxy) is 1. The molecule has 8 heteroatoms. The Hall–Kier alpha value is -3.00. The van der Waals surface area contributed by atoms with Gasteiger partial charge < -0.3 is 19.9 Å². The maximum absolute atomic E-state index is 13.3. The van der Waals surface area contributed by atoms with Gasteiger partial charge in [-0.1, -0.05) is 12.1 Å². The van der Waals surface area contributed by atoms with Crippen LogP contribution >= 0.6 is 0 Å². The first-order valence-electron chi connectivity index (χ1n) is 8.89. The van der Waals surface area contributed by atoms with E-state index >= 15 is 0 Å². The lowest BCUT2D eigenvalue weighted by molar-refractivity contribution is -0.117. The van der Waals surface area contributed by atoms with Crippen molar-refractivity contribution in [3.05, 3.63) is 47.0 Å². The number of carbonyl (C=O) groups is 3. The van der Waals surface area contributed by atoms with Crippen molar-refractivity contribution in [2.24, 2.45) is 0 Å². The molecule has 0 aliphatic rings. The number of hydrogen-bond acceptors (Lipinski definition) is 5. The van der Waals surface area contributed by atoms with Crippen molar-refractivity contribution < 1.29 is 23.5 Å². The van der Waals surface area contributed by atoms with Crippen LogP contribution in [0.2, 0.25) is 0 Å². The van der Waals surface area contributed by atoms with Crippen LogP contribution in [0.4, 0.5) is 4.39 Å². The van der Waals surface area contributed by atoms with E-state index in [1.165, 1.54) is 24.3 Å². The normalized spacial score (nSPS) is 10.8. The second-order valence-electron chi connectivity index (χ2n) is 6.49. The maximum atomic E-state index is 13.3. The largest absolute Gasteiger partial charge is 0.462 e. The molecule has 2 N–H and O–H groups in total. The van der Waals surface area contributed by atoms with Gasteiger partial charge in [0.15, 0.2) is 0 Å². The number of hydrogen-bond donors (Lipinski definition) is 2. The van der Waals surface area contributed by atoms with Gasteiger partial charge in [0.25, 0.3) is 11.7 Å². The summed E-state index contributed by atoms with van der Waals surface area (Å²) < 4.78 is 18.4. The number of amides is 1. The number of aromatic nitrogens is 1. The number of halogens is 1. The average molecular weight is 389 g/mol. The van der Waals surface area contributed by atoms with Crippen LogP contribution in [0.5, 0.6) is 0 Å². The van der Waals surface area contributed by atoms with Crippen molar-refractivity contribution >= 4 is 17.7 Å². The first kappa shape index (κ1) is 21.3. The number of rotatable bonds is 8. The summed E-state index contributed by atoms with van der Waals surface area (Å²) in [7, 11) is 3.70. The number of nitrogens with zero attached hydrogens (tertiary/aromatic N) is 1. The summed E-state index contributed by atoms with van der Waals surface area (Å²) in [6, 6.07) is 5.33. The maximum Gasteiger partial charge on any atom is 0.340 e. The Balaban J connectivity index is 2.47. The molecule has 0 unspecified atom stereocenters. The predicted octanol–water partition coefficient (Wildman–Crippen LogP) is 2.17. The predicted molar refractivity (Wildman–Crippen MR) is 103 cm³/mol. The SMILES string of the molecule is CCOC(=O)c1c(C)[nH]c(C(=O)C(=O)NCCN(C)C)c1-c1ccc(F)cc1. The number of H-pyrrole nitrogens is 1. The zero-order valence-corrected chi connectivity index (χ0v) is 16.4. The Kier molecular flexibility index (Phi) is 7.06. The van der Waals surface area contributed by atoms with Crippen LogP contribution in [0.15, 0.2) is 24.3 Å². The smallest absolute Gasteiger partial charge is 0.340 e. The van der Waals surface area contributed by atoms with Crippen molar-refractivity contribution in [1.29, 1.82) is 0 Å². The number of benzene rings is 1. The molecule has 0 saturated carbocycles.